The van der Waals surface area contributed by atoms with E-state index in [0.29, 0.717) is 5.82 Å². The molecule has 98 valence electrons. The van der Waals surface area contributed by atoms with Crippen molar-refractivity contribution in [2.75, 3.05) is 10.6 Å². The van der Waals surface area contributed by atoms with Gasteiger partial charge in [-0.1, -0.05) is 31.2 Å². The molecule has 0 saturated heterocycles. The fourth-order valence-corrected chi connectivity index (χ4v) is 1.76. The summed E-state index contributed by atoms with van der Waals surface area (Å²) in [6, 6.07) is 11.2. The Kier molecular flexibility index (Phi) is 4.13. The standard InChI is InChI=1S/C15H17N3O/c1-3-12-6-4-5-7-13(12)17-15(19)18-14-9-8-11(2)10-16-14/h4-10H,3H2,1-2H3,(H2,16,17,18,19). The Labute approximate surface area is 112 Å². The third-order valence-electron chi connectivity index (χ3n) is 2.80. The maximum absolute atomic E-state index is 11.9. The first kappa shape index (κ1) is 13.1. The van der Waals surface area contributed by atoms with E-state index in [-0.39, 0.29) is 6.03 Å². The molecule has 1 heterocycles. The van der Waals surface area contributed by atoms with Crippen LogP contribution in [0.4, 0.5) is 16.3 Å². The molecule has 0 fully saturated rings. The van der Waals surface area contributed by atoms with Gasteiger partial charge in [-0.15, -0.1) is 0 Å². The molecular weight excluding hydrogens is 238 g/mol. The zero-order valence-corrected chi connectivity index (χ0v) is 11.1. The average Bonchev–Trinajstić information content (AvgIpc) is 2.42. The lowest BCUT2D eigenvalue weighted by molar-refractivity contribution is 0.262. The monoisotopic (exact) mass is 255 g/mol. The Morgan fingerprint density at radius 3 is 2.63 bits per heavy atom. The lowest BCUT2D eigenvalue weighted by Gasteiger charge is -2.10. The van der Waals surface area contributed by atoms with Crippen LogP contribution in [0, 0.1) is 6.92 Å². The molecule has 1 aromatic heterocycles. The van der Waals surface area contributed by atoms with Gasteiger partial charge in [0.1, 0.15) is 5.82 Å². The van der Waals surface area contributed by atoms with Crippen LogP contribution in [0.15, 0.2) is 42.6 Å². The molecule has 0 atom stereocenters. The average molecular weight is 255 g/mol. The van der Waals surface area contributed by atoms with E-state index in [1.165, 1.54) is 0 Å². The van der Waals surface area contributed by atoms with Gasteiger partial charge >= 0.3 is 6.03 Å². The number of benzene rings is 1. The molecule has 2 amide bonds. The predicted molar refractivity (Wildman–Crippen MR) is 77.4 cm³/mol. The molecule has 19 heavy (non-hydrogen) atoms. The topological polar surface area (TPSA) is 54.0 Å². The number of pyridine rings is 1. The van der Waals surface area contributed by atoms with Gasteiger partial charge < -0.3 is 5.32 Å². The van der Waals surface area contributed by atoms with E-state index in [4.69, 9.17) is 0 Å². The highest BCUT2D eigenvalue weighted by molar-refractivity contribution is 5.99. The van der Waals surface area contributed by atoms with Crippen LogP contribution in [0.1, 0.15) is 18.1 Å². The molecule has 4 nitrogen and oxygen atoms in total. The number of urea groups is 1. The number of aromatic nitrogens is 1. The Morgan fingerprint density at radius 1 is 1.16 bits per heavy atom. The van der Waals surface area contributed by atoms with Crippen molar-refractivity contribution < 1.29 is 4.79 Å². The van der Waals surface area contributed by atoms with E-state index in [2.05, 4.69) is 22.5 Å². The van der Waals surface area contributed by atoms with E-state index in [9.17, 15) is 4.79 Å². The first-order chi connectivity index (χ1) is 9.19. The van der Waals surface area contributed by atoms with Crippen molar-refractivity contribution >= 4 is 17.5 Å². The van der Waals surface area contributed by atoms with Crippen LogP contribution in [-0.2, 0) is 6.42 Å². The van der Waals surface area contributed by atoms with Crippen molar-refractivity contribution in [3.05, 3.63) is 53.7 Å². The number of nitrogens with one attached hydrogen (secondary N) is 2. The Morgan fingerprint density at radius 2 is 1.95 bits per heavy atom. The number of carbonyl (C=O) groups excluding carboxylic acids is 1. The van der Waals surface area contributed by atoms with Gasteiger partial charge in [0.25, 0.3) is 0 Å². The van der Waals surface area contributed by atoms with Crippen molar-refractivity contribution in [2.45, 2.75) is 20.3 Å². The number of amides is 2. The van der Waals surface area contributed by atoms with Crippen molar-refractivity contribution in [3.63, 3.8) is 0 Å². The number of rotatable bonds is 3. The number of nitrogens with zero attached hydrogens (tertiary/aromatic N) is 1. The van der Waals surface area contributed by atoms with Crippen molar-refractivity contribution in [1.82, 2.24) is 4.98 Å². The molecular formula is C15H17N3O. The largest absolute Gasteiger partial charge is 0.324 e. The van der Waals surface area contributed by atoms with E-state index < -0.39 is 0 Å². The normalized spacial score (nSPS) is 10.0. The van der Waals surface area contributed by atoms with Gasteiger partial charge in [-0.25, -0.2) is 9.78 Å². The summed E-state index contributed by atoms with van der Waals surface area (Å²) in [4.78, 5) is 16.0. The van der Waals surface area contributed by atoms with Crippen molar-refractivity contribution in [3.8, 4) is 0 Å². The van der Waals surface area contributed by atoms with Crippen LogP contribution < -0.4 is 10.6 Å². The van der Waals surface area contributed by atoms with Gasteiger partial charge in [-0.3, -0.25) is 5.32 Å². The molecule has 0 bridgehead atoms. The summed E-state index contributed by atoms with van der Waals surface area (Å²) in [5.74, 6) is 0.539. The van der Waals surface area contributed by atoms with Crippen molar-refractivity contribution in [2.24, 2.45) is 0 Å². The quantitative estimate of drug-likeness (QED) is 0.880. The summed E-state index contributed by atoms with van der Waals surface area (Å²) >= 11 is 0. The maximum atomic E-state index is 11.9. The number of para-hydroxylation sites is 1. The smallest absolute Gasteiger partial charge is 0.307 e. The van der Waals surface area contributed by atoms with Crippen LogP contribution in [0.5, 0.6) is 0 Å². The molecule has 2 N–H and O–H groups in total. The van der Waals surface area contributed by atoms with E-state index in [1.54, 1.807) is 12.3 Å². The predicted octanol–water partition coefficient (Wildman–Crippen LogP) is 3.60. The molecule has 0 aliphatic carbocycles. The summed E-state index contributed by atoms with van der Waals surface area (Å²) in [6.07, 6.45) is 2.59. The van der Waals surface area contributed by atoms with Gasteiger partial charge in [-0.05, 0) is 36.6 Å². The first-order valence-electron chi connectivity index (χ1n) is 6.27. The number of carbonyl (C=O) groups is 1. The molecule has 2 rings (SSSR count). The highest BCUT2D eigenvalue weighted by Gasteiger charge is 2.05. The number of hydrogen-bond donors (Lipinski definition) is 2. The van der Waals surface area contributed by atoms with Crippen LogP contribution in [0.25, 0.3) is 0 Å². The number of anilines is 2. The maximum Gasteiger partial charge on any atom is 0.324 e. The van der Waals surface area contributed by atoms with E-state index in [0.717, 1.165) is 23.2 Å². The van der Waals surface area contributed by atoms with Gasteiger partial charge in [0.05, 0.1) is 0 Å². The fraction of sp³-hybridized carbons (Fsp3) is 0.200. The summed E-state index contributed by atoms with van der Waals surface area (Å²) in [6.45, 7) is 4.01. The van der Waals surface area contributed by atoms with Crippen LogP contribution in [-0.4, -0.2) is 11.0 Å². The van der Waals surface area contributed by atoms with Crippen molar-refractivity contribution in [1.29, 1.82) is 0 Å². The molecule has 0 saturated carbocycles. The van der Waals surface area contributed by atoms with Gasteiger partial charge in [0, 0.05) is 11.9 Å². The summed E-state index contributed by atoms with van der Waals surface area (Å²) in [5, 5.41) is 5.54. The van der Waals surface area contributed by atoms with E-state index >= 15 is 0 Å². The van der Waals surface area contributed by atoms with Gasteiger partial charge in [0.2, 0.25) is 0 Å². The minimum Gasteiger partial charge on any atom is -0.307 e. The summed E-state index contributed by atoms with van der Waals surface area (Å²) in [5.41, 5.74) is 2.99. The summed E-state index contributed by atoms with van der Waals surface area (Å²) in [7, 11) is 0. The number of hydrogen-bond acceptors (Lipinski definition) is 2. The fourth-order valence-electron chi connectivity index (χ4n) is 1.76. The SMILES string of the molecule is CCc1ccccc1NC(=O)Nc1ccc(C)cn1. The third kappa shape index (κ3) is 3.55. The minimum atomic E-state index is -0.280. The zero-order valence-electron chi connectivity index (χ0n) is 11.1. The van der Waals surface area contributed by atoms with Gasteiger partial charge in [0.15, 0.2) is 0 Å². The molecule has 0 aliphatic rings. The Balaban J connectivity index is 2.03. The third-order valence-corrected chi connectivity index (χ3v) is 2.80. The Bertz CT molecular complexity index is 564. The van der Waals surface area contributed by atoms with Crippen LogP contribution in [0.3, 0.4) is 0 Å². The molecule has 0 radical (unpaired) electrons. The second kappa shape index (κ2) is 6.00. The highest BCUT2D eigenvalue weighted by atomic mass is 16.2. The lowest BCUT2D eigenvalue weighted by Crippen LogP contribution is -2.20. The molecule has 0 unspecified atom stereocenters. The zero-order chi connectivity index (χ0) is 13.7. The Hall–Kier alpha value is -2.36. The lowest BCUT2D eigenvalue weighted by atomic mass is 10.1. The van der Waals surface area contributed by atoms with Crippen LogP contribution in [0.2, 0.25) is 0 Å². The summed E-state index contributed by atoms with van der Waals surface area (Å²) < 4.78 is 0. The molecule has 0 spiro atoms. The second-order valence-electron chi connectivity index (χ2n) is 4.31. The molecule has 0 aliphatic heterocycles. The minimum absolute atomic E-state index is 0.280. The molecule has 2 aromatic rings. The molecule has 1 aromatic carbocycles. The first-order valence-corrected chi connectivity index (χ1v) is 6.27. The van der Waals surface area contributed by atoms with E-state index in [1.807, 2.05) is 37.3 Å². The second-order valence-corrected chi connectivity index (χ2v) is 4.31. The van der Waals surface area contributed by atoms with Gasteiger partial charge in [-0.2, -0.15) is 0 Å². The highest BCUT2D eigenvalue weighted by Crippen LogP contribution is 2.15. The number of aryl methyl sites for hydroxylation is 2. The van der Waals surface area contributed by atoms with Crippen LogP contribution >= 0.6 is 0 Å². The molecule has 4 heteroatoms.